The van der Waals surface area contributed by atoms with Crippen LogP contribution >= 0.6 is 35.3 Å². The molecule has 1 unspecified atom stereocenters. The van der Waals surface area contributed by atoms with Crippen LogP contribution in [0.3, 0.4) is 0 Å². The van der Waals surface area contributed by atoms with E-state index in [0.29, 0.717) is 38.2 Å². The second-order valence-electron chi connectivity index (χ2n) is 7.08. The lowest BCUT2D eigenvalue weighted by atomic mass is 10.1. The van der Waals surface area contributed by atoms with Gasteiger partial charge in [0.25, 0.3) is 0 Å². The van der Waals surface area contributed by atoms with Crippen LogP contribution in [0.1, 0.15) is 43.2 Å². The van der Waals surface area contributed by atoms with E-state index < -0.39 is 0 Å². The molecule has 3 rings (SSSR count). The van der Waals surface area contributed by atoms with Crippen molar-refractivity contribution in [2.24, 2.45) is 4.99 Å². The van der Waals surface area contributed by atoms with Crippen molar-refractivity contribution < 1.29 is 9.50 Å². The lowest BCUT2D eigenvalue weighted by Gasteiger charge is -2.31. The van der Waals surface area contributed by atoms with E-state index in [1.165, 1.54) is 4.88 Å². The zero-order valence-electron chi connectivity index (χ0n) is 16.9. The molecular formula is C21H30FIN4OS. The third-order valence-electron chi connectivity index (χ3n) is 4.90. The molecule has 160 valence electrons. The van der Waals surface area contributed by atoms with Crippen molar-refractivity contribution in [3.05, 3.63) is 52.0 Å². The highest BCUT2D eigenvalue weighted by Crippen LogP contribution is 2.24. The molecule has 0 saturated carbocycles. The summed E-state index contributed by atoms with van der Waals surface area (Å²) >= 11 is 1.71. The number of piperidine rings is 1. The molecule has 1 aliphatic rings. The van der Waals surface area contributed by atoms with Crippen molar-refractivity contribution in [1.82, 2.24) is 10.6 Å². The van der Waals surface area contributed by atoms with Gasteiger partial charge in [0, 0.05) is 24.5 Å². The highest BCUT2D eigenvalue weighted by molar-refractivity contribution is 14.0. The first-order valence-corrected chi connectivity index (χ1v) is 10.7. The van der Waals surface area contributed by atoms with Gasteiger partial charge in [0.05, 0.1) is 24.4 Å². The van der Waals surface area contributed by atoms with E-state index in [0.717, 1.165) is 18.1 Å². The van der Waals surface area contributed by atoms with Crippen molar-refractivity contribution >= 4 is 47.0 Å². The summed E-state index contributed by atoms with van der Waals surface area (Å²) in [5.74, 6) is 0.493. The summed E-state index contributed by atoms with van der Waals surface area (Å²) < 4.78 is 14.6. The molecule has 2 aromatic rings. The first-order chi connectivity index (χ1) is 13.6. The Hall–Kier alpha value is -1.39. The molecule has 5 nitrogen and oxygen atoms in total. The van der Waals surface area contributed by atoms with Crippen LogP contribution in [-0.4, -0.2) is 36.8 Å². The van der Waals surface area contributed by atoms with Gasteiger partial charge in [-0.1, -0.05) is 12.1 Å². The molecule has 0 bridgehead atoms. The van der Waals surface area contributed by atoms with Gasteiger partial charge in [-0.2, -0.15) is 0 Å². The molecule has 1 saturated heterocycles. The van der Waals surface area contributed by atoms with Crippen molar-refractivity contribution in [3.63, 3.8) is 0 Å². The predicted octanol–water partition coefficient (Wildman–Crippen LogP) is 4.28. The fourth-order valence-electron chi connectivity index (χ4n) is 3.32. The smallest absolute Gasteiger partial charge is 0.192 e. The first kappa shape index (κ1) is 23.9. The minimum atomic E-state index is -0.263. The first-order valence-electron chi connectivity index (χ1n) is 9.86. The van der Waals surface area contributed by atoms with Crippen LogP contribution in [0.25, 0.3) is 0 Å². The van der Waals surface area contributed by atoms with Crippen molar-refractivity contribution in [2.45, 2.75) is 45.4 Å². The van der Waals surface area contributed by atoms with Crippen LogP contribution in [0.5, 0.6) is 0 Å². The maximum absolute atomic E-state index is 14.6. The lowest BCUT2D eigenvalue weighted by Crippen LogP contribution is -2.38. The van der Waals surface area contributed by atoms with Gasteiger partial charge in [-0.25, -0.2) is 9.38 Å². The molecule has 0 radical (unpaired) electrons. The molecule has 8 heteroatoms. The average molecular weight is 532 g/mol. The van der Waals surface area contributed by atoms with Crippen LogP contribution in [0, 0.1) is 5.82 Å². The Morgan fingerprint density at radius 1 is 1.34 bits per heavy atom. The number of anilines is 1. The number of rotatable bonds is 6. The van der Waals surface area contributed by atoms with Gasteiger partial charge in [0.2, 0.25) is 0 Å². The lowest BCUT2D eigenvalue weighted by molar-refractivity contribution is 0.145. The van der Waals surface area contributed by atoms with E-state index in [-0.39, 0.29) is 41.9 Å². The van der Waals surface area contributed by atoms with Gasteiger partial charge in [-0.05, 0) is 55.8 Å². The van der Waals surface area contributed by atoms with Gasteiger partial charge < -0.3 is 20.6 Å². The third kappa shape index (κ3) is 6.82. The Kier molecular flexibility index (Phi) is 9.64. The quantitative estimate of drug-likeness (QED) is 0.295. The number of aliphatic hydroxyl groups excluding tert-OH is 1. The maximum atomic E-state index is 14.6. The Bertz CT molecular complexity index is 779. The van der Waals surface area contributed by atoms with Crippen LogP contribution < -0.4 is 15.5 Å². The zero-order chi connectivity index (χ0) is 19.9. The number of hydrogen-bond donors (Lipinski definition) is 3. The molecule has 1 atom stereocenters. The number of guanidine groups is 1. The fraction of sp³-hybridized carbons (Fsp3) is 0.476. The van der Waals surface area contributed by atoms with E-state index in [1.54, 1.807) is 17.4 Å². The summed E-state index contributed by atoms with van der Waals surface area (Å²) in [6.45, 7) is 6.66. The maximum Gasteiger partial charge on any atom is 0.192 e. The minimum Gasteiger partial charge on any atom is -0.393 e. The highest BCUT2D eigenvalue weighted by atomic mass is 127. The van der Waals surface area contributed by atoms with Crippen LogP contribution in [0.15, 0.2) is 40.7 Å². The Labute approximate surface area is 193 Å². The summed E-state index contributed by atoms with van der Waals surface area (Å²) in [5, 5.41) is 18.3. The van der Waals surface area contributed by atoms with Gasteiger partial charge >= 0.3 is 0 Å². The topological polar surface area (TPSA) is 59.9 Å². The molecule has 1 aromatic carbocycles. The fourth-order valence-corrected chi connectivity index (χ4v) is 4.05. The number of aliphatic imine (C=N–C) groups is 1. The number of halogens is 2. The summed E-state index contributed by atoms with van der Waals surface area (Å²) in [5.41, 5.74) is 1.44. The molecule has 29 heavy (non-hydrogen) atoms. The number of aliphatic hydroxyl groups is 1. The monoisotopic (exact) mass is 532 g/mol. The number of nitrogens with one attached hydrogen (secondary N) is 2. The molecular weight excluding hydrogens is 502 g/mol. The molecule has 0 spiro atoms. The summed E-state index contributed by atoms with van der Waals surface area (Å²) in [6.07, 6.45) is 1.11. The number of hydrogen-bond acceptors (Lipinski definition) is 4. The van der Waals surface area contributed by atoms with Gasteiger partial charge in [0.1, 0.15) is 5.82 Å². The summed E-state index contributed by atoms with van der Waals surface area (Å²) in [7, 11) is 0. The molecule has 3 N–H and O–H groups in total. The summed E-state index contributed by atoms with van der Waals surface area (Å²) in [6, 6.07) is 9.61. The van der Waals surface area contributed by atoms with E-state index in [4.69, 9.17) is 0 Å². The number of thiophene rings is 1. The van der Waals surface area contributed by atoms with Crippen LogP contribution in [0.4, 0.5) is 10.1 Å². The minimum absolute atomic E-state index is 0. The molecule has 0 aliphatic carbocycles. The molecule has 1 aliphatic heterocycles. The number of benzene rings is 1. The van der Waals surface area contributed by atoms with Crippen LogP contribution in [-0.2, 0) is 6.54 Å². The molecule has 1 fully saturated rings. The Balaban J connectivity index is 0.00000300. The molecule has 1 aromatic heterocycles. The predicted molar refractivity (Wildman–Crippen MR) is 130 cm³/mol. The molecule has 2 heterocycles. The van der Waals surface area contributed by atoms with Gasteiger partial charge in [-0.15, -0.1) is 35.3 Å². The SMILES string of the molecule is CCNC(=NCc1ccc(N2CCC(O)CC2)c(F)c1)NC(C)c1cccs1.I. The standard InChI is InChI=1S/C21H29FN4OS.HI/c1-3-23-21(25-15(2)20-5-4-12-28-20)24-14-16-6-7-19(18(22)13-16)26-10-8-17(27)9-11-26;/h4-7,12-13,15,17,27H,3,8-11,14H2,1-2H3,(H2,23,24,25);1H. The highest BCUT2D eigenvalue weighted by Gasteiger charge is 2.19. The number of nitrogens with zero attached hydrogens (tertiary/aromatic N) is 2. The van der Waals surface area contributed by atoms with E-state index >= 15 is 0 Å². The average Bonchev–Trinajstić information content (AvgIpc) is 3.22. The van der Waals surface area contributed by atoms with E-state index in [2.05, 4.69) is 34.0 Å². The second kappa shape index (κ2) is 11.7. The second-order valence-corrected chi connectivity index (χ2v) is 8.06. The van der Waals surface area contributed by atoms with Crippen LogP contribution in [0.2, 0.25) is 0 Å². The Morgan fingerprint density at radius 3 is 2.72 bits per heavy atom. The Morgan fingerprint density at radius 2 is 2.10 bits per heavy atom. The zero-order valence-corrected chi connectivity index (χ0v) is 20.0. The normalized spacial score (nSPS) is 16.3. The molecule has 0 amide bonds. The van der Waals surface area contributed by atoms with E-state index in [9.17, 15) is 9.50 Å². The van der Waals surface area contributed by atoms with Crippen molar-refractivity contribution in [3.8, 4) is 0 Å². The van der Waals surface area contributed by atoms with Crippen molar-refractivity contribution in [2.75, 3.05) is 24.5 Å². The third-order valence-corrected chi connectivity index (χ3v) is 5.96. The van der Waals surface area contributed by atoms with Gasteiger partial charge in [-0.3, -0.25) is 0 Å². The summed E-state index contributed by atoms with van der Waals surface area (Å²) in [4.78, 5) is 7.86. The van der Waals surface area contributed by atoms with E-state index in [1.807, 2.05) is 30.0 Å². The largest absolute Gasteiger partial charge is 0.393 e. The van der Waals surface area contributed by atoms with Crippen molar-refractivity contribution in [1.29, 1.82) is 0 Å². The van der Waals surface area contributed by atoms with Gasteiger partial charge in [0.15, 0.2) is 5.96 Å².